The second kappa shape index (κ2) is 7.77. The van der Waals surface area contributed by atoms with Crippen LogP contribution in [0.15, 0.2) is 30.3 Å². The van der Waals surface area contributed by atoms with Crippen LogP contribution in [0.1, 0.15) is 44.6 Å². The lowest BCUT2D eigenvalue weighted by Crippen LogP contribution is -2.45. The van der Waals surface area contributed by atoms with Crippen molar-refractivity contribution in [2.45, 2.75) is 50.9 Å². The second-order valence-electron chi connectivity index (χ2n) is 7.49. The van der Waals surface area contributed by atoms with Gasteiger partial charge in [0.2, 0.25) is 11.8 Å². The third-order valence-electron chi connectivity index (χ3n) is 5.83. The molecule has 2 saturated heterocycles. The van der Waals surface area contributed by atoms with Crippen molar-refractivity contribution in [1.29, 1.82) is 0 Å². The molecule has 25 heavy (non-hydrogen) atoms. The largest absolute Gasteiger partial charge is 0.341 e. The molecule has 3 rings (SSSR count). The minimum atomic E-state index is -0.453. The molecule has 1 unspecified atom stereocenters. The number of carbonyl (C=O) groups excluding carboxylic acids is 2. The molecular formula is C20H27ClN2O2. The fourth-order valence-corrected chi connectivity index (χ4v) is 4.21. The van der Waals surface area contributed by atoms with Gasteiger partial charge in [-0.15, -0.1) is 11.6 Å². The number of rotatable bonds is 3. The Morgan fingerprint density at radius 3 is 2.40 bits per heavy atom. The van der Waals surface area contributed by atoms with Crippen molar-refractivity contribution in [2.24, 2.45) is 5.41 Å². The third kappa shape index (κ3) is 4.35. The third-order valence-corrected chi connectivity index (χ3v) is 6.01. The molecule has 2 aliphatic rings. The molecule has 0 radical (unpaired) electrons. The van der Waals surface area contributed by atoms with Crippen LogP contribution >= 0.6 is 11.6 Å². The molecule has 136 valence electrons. The van der Waals surface area contributed by atoms with Crippen molar-refractivity contribution in [3.05, 3.63) is 35.9 Å². The normalized spacial score (nSPS) is 21.9. The number of nitrogens with zero attached hydrogens (tertiary/aromatic N) is 2. The van der Waals surface area contributed by atoms with Crippen LogP contribution in [0.4, 0.5) is 0 Å². The van der Waals surface area contributed by atoms with Crippen molar-refractivity contribution in [3.8, 4) is 0 Å². The van der Waals surface area contributed by atoms with Crippen LogP contribution < -0.4 is 0 Å². The van der Waals surface area contributed by atoms with Gasteiger partial charge in [-0.1, -0.05) is 30.3 Å². The highest BCUT2D eigenvalue weighted by Crippen LogP contribution is 2.41. The van der Waals surface area contributed by atoms with Crippen molar-refractivity contribution in [1.82, 2.24) is 9.80 Å². The van der Waals surface area contributed by atoms with Gasteiger partial charge in [0.1, 0.15) is 5.38 Å². The minimum absolute atomic E-state index is 0.0342. The second-order valence-corrected chi connectivity index (χ2v) is 8.15. The van der Waals surface area contributed by atoms with Gasteiger partial charge >= 0.3 is 0 Å². The SMILES string of the molecule is CC(Cl)C(=O)N1CCC2(CCC(=O)N(Cc3ccccc3)CC2)CC1. The number of halogens is 1. The molecular weight excluding hydrogens is 336 g/mol. The fourth-order valence-electron chi connectivity index (χ4n) is 4.08. The first kappa shape index (κ1) is 18.2. The van der Waals surface area contributed by atoms with Crippen LogP contribution in [0, 0.1) is 5.41 Å². The Morgan fingerprint density at radius 1 is 1.12 bits per heavy atom. The molecule has 2 aliphatic heterocycles. The lowest BCUT2D eigenvalue weighted by atomic mass is 9.73. The molecule has 1 aromatic carbocycles. The van der Waals surface area contributed by atoms with E-state index < -0.39 is 5.38 Å². The van der Waals surface area contributed by atoms with Gasteiger partial charge in [-0.2, -0.15) is 0 Å². The van der Waals surface area contributed by atoms with E-state index in [-0.39, 0.29) is 17.2 Å². The monoisotopic (exact) mass is 362 g/mol. The van der Waals surface area contributed by atoms with Gasteiger partial charge in [0.05, 0.1) is 0 Å². The van der Waals surface area contributed by atoms with E-state index in [9.17, 15) is 9.59 Å². The van der Waals surface area contributed by atoms with E-state index >= 15 is 0 Å². The number of amides is 2. The maximum atomic E-state index is 12.6. The summed E-state index contributed by atoms with van der Waals surface area (Å²) in [5.41, 5.74) is 1.39. The highest BCUT2D eigenvalue weighted by molar-refractivity contribution is 6.30. The molecule has 0 saturated carbocycles. The summed E-state index contributed by atoms with van der Waals surface area (Å²) < 4.78 is 0. The van der Waals surface area contributed by atoms with E-state index in [2.05, 4.69) is 12.1 Å². The summed E-state index contributed by atoms with van der Waals surface area (Å²) in [6, 6.07) is 10.2. The van der Waals surface area contributed by atoms with E-state index in [1.807, 2.05) is 28.0 Å². The Morgan fingerprint density at radius 2 is 1.76 bits per heavy atom. The highest BCUT2D eigenvalue weighted by Gasteiger charge is 2.39. The van der Waals surface area contributed by atoms with Gasteiger partial charge < -0.3 is 9.80 Å². The van der Waals surface area contributed by atoms with Gasteiger partial charge in [0.15, 0.2) is 0 Å². The number of alkyl halides is 1. The minimum Gasteiger partial charge on any atom is -0.341 e. The van der Waals surface area contributed by atoms with Crippen LogP contribution in [0.2, 0.25) is 0 Å². The zero-order valence-corrected chi connectivity index (χ0v) is 15.7. The number of piperidine rings is 1. The number of hydrogen-bond acceptors (Lipinski definition) is 2. The molecule has 0 N–H and O–H groups in total. The summed E-state index contributed by atoms with van der Waals surface area (Å²) in [6.07, 6.45) is 4.55. The standard InChI is InChI=1S/C20H27ClN2O2/c1-16(21)19(25)22-12-9-20(10-13-22)8-7-18(24)23(14-11-20)15-17-5-3-2-4-6-17/h2-6,16H,7-15H2,1H3. The summed E-state index contributed by atoms with van der Waals surface area (Å²) in [4.78, 5) is 28.5. The van der Waals surface area contributed by atoms with Gasteiger partial charge in [-0.3, -0.25) is 9.59 Å². The lowest BCUT2D eigenvalue weighted by Gasteiger charge is -2.41. The maximum absolute atomic E-state index is 12.6. The van der Waals surface area contributed by atoms with Crippen LogP contribution in [0.3, 0.4) is 0 Å². The first-order chi connectivity index (χ1) is 12.0. The lowest BCUT2D eigenvalue weighted by molar-refractivity contribution is -0.133. The summed E-state index contributed by atoms with van der Waals surface area (Å²) in [5, 5.41) is -0.453. The summed E-state index contributed by atoms with van der Waals surface area (Å²) in [6.45, 7) is 4.78. The molecule has 0 aliphatic carbocycles. The molecule has 1 aromatic rings. The molecule has 2 heterocycles. The molecule has 4 nitrogen and oxygen atoms in total. The average molecular weight is 363 g/mol. The molecule has 5 heteroatoms. The number of benzene rings is 1. The van der Waals surface area contributed by atoms with Crippen molar-refractivity contribution >= 4 is 23.4 Å². The van der Waals surface area contributed by atoms with E-state index in [1.54, 1.807) is 6.92 Å². The fraction of sp³-hybridized carbons (Fsp3) is 0.600. The average Bonchev–Trinajstić information content (AvgIpc) is 2.77. The van der Waals surface area contributed by atoms with E-state index in [1.165, 1.54) is 5.56 Å². The summed E-state index contributed by atoms with van der Waals surface area (Å²) in [7, 11) is 0. The molecule has 2 amide bonds. The van der Waals surface area contributed by atoms with Crippen LogP contribution in [0.25, 0.3) is 0 Å². The molecule has 1 spiro atoms. The molecule has 0 aromatic heterocycles. The molecule has 1 atom stereocenters. The Hall–Kier alpha value is -1.55. The van der Waals surface area contributed by atoms with Crippen molar-refractivity contribution < 1.29 is 9.59 Å². The number of hydrogen-bond donors (Lipinski definition) is 0. The smallest absolute Gasteiger partial charge is 0.240 e. The topological polar surface area (TPSA) is 40.6 Å². The Bertz CT molecular complexity index is 609. The van der Waals surface area contributed by atoms with Crippen LogP contribution in [-0.4, -0.2) is 46.6 Å². The van der Waals surface area contributed by atoms with Crippen LogP contribution in [0.5, 0.6) is 0 Å². The summed E-state index contributed by atoms with van der Waals surface area (Å²) >= 11 is 5.94. The van der Waals surface area contributed by atoms with E-state index in [0.29, 0.717) is 13.0 Å². The zero-order valence-electron chi connectivity index (χ0n) is 14.9. The van der Waals surface area contributed by atoms with Crippen molar-refractivity contribution in [3.63, 3.8) is 0 Å². The van der Waals surface area contributed by atoms with Crippen molar-refractivity contribution in [2.75, 3.05) is 19.6 Å². The Labute approximate surface area is 155 Å². The summed E-state index contributed by atoms with van der Waals surface area (Å²) in [5.74, 6) is 0.292. The highest BCUT2D eigenvalue weighted by atomic mass is 35.5. The van der Waals surface area contributed by atoms with E-state index in [0.717, 1.165) is 45.3 Å². The predicted molar refractivity (Wildman–Crippen MR) is 99.3 cm³/mol. The first-order valence-electron chi connectivity index (χ1n) is 9.24. The van der Waals surface area contributed by atoms with Gasteiger partial charge in [-0.25, -0.2) is 0 Å². The quantitative estimate of drug-likeness (QED) is 0.773. The molecule has 0 bridgehead atoms. The maximum Gasteiger partial charge on any atom is 0.240 e. The number of carbonyl (C=O) groups is 2. The molecule has 2 fully saturated rings. The Balaban J connectivity index is 1.60. The van der Waals surface area contributed by atoms with E-state index in [4.69, 9.17) is 11.6 Å². The van der Waals surface area contributed by atoms with Gasteiger partial charge in [0.25, 0.3) is 0 Å². The number of likely N-dealkylation sites (tertiary alicyclic amines) is 2. The first-order valence-corrected chi connectivity index (χ1v) is 9.67. The zero-order chi connectivity index (χ0) is 17.9. The predicted octanol–water partition coefficient (Wildman–Crippen LogP) is 3.44. The van der Waals surface area contributed by atoms with Gasteiger partial charge in [-0.05, 0) is 43.6 Å². The van der Waals surface area contributed by atoms with Crippen LogP contribution in [-0.2, 0) is 16.1 Å². The van der Waals surface area contributed by atoms with Gasteiger partial charge in [0, 0.05) is 32.6 Å². The Kier molecular flexibility index (Phi) is 5.67.